The van der Waals surface area contributed by atoms with Crippen LogP contribution in [0, 0.1) is 12.8 Å². The summed E-state index contributed by atoms with van der Waals surface area (Å²) in [7, 11) is 2.42. The minimum Gasteiger partial charge on any atom is -0.481 e. The quantitative estimate of drug-likeness (QED) is 0.497. The molecule has 0 radical (unpaired) electrons. The van der Waals surface area contributed by atoms with Crippen molar-refractivity contribution in [1.29, 1.82) is 0 Å². The van der Waals surface area contributed by atoms with Crippen molar-refractivity contribution in [3.63, 3.8) is 0 Å². The smallest absolute Gasteiger partial charge is 0.314 e. The van der Waals surface area contributed by atoms with Crippen molar-refractivity contribution in [1.82, 2.24) is 0 Å². The molecule has 0 heterocycles. The molecule has 0 bridgehead atoms. The van der Waals surface area contributed by atoms with Crippen LogP contribution in [-0.2, 0) is 16.0 Å². The Hall–Kier alpha value is -1.21. The lowest BCUT2D eigenvalue weighted by Crippen LogP contribution is -2.18. The number of aryl methyl sites for hydroxylation is 1. The van der Waals surface area contributed by atoms with Crippen LogP contribution in [0.1, 0.15) is 11.1 Å². The number of carboxylic acids is 1. The van der Waals surface area contributed by atoms with Gasteiger partial charge in [-0.15, -0.1) is 9.24 Å². The molecular formula is C12H17O3P. The molecule has 2 unspecified atom stereocenters. The molecule has 0 spiro atoms. The van der Waals surface area contributed by atoms with Gasteiger partial charge in [-0.3, -0.25) is 4.79 Å². The minimum atomic E-state index is -1.07. The number of aliphatic carboxylic acids is 1. The summed E-state index contributed by atoms with van der Waals surface area (Å²) in [5.74, 6) is -2.00. The molecule has 16 heavy (non-hydrogen) atoms. The molecule has 0 aliphatic rings. The zero-order valence-electron chi connectivity index (χ0n) is 9.51. The molecule has 0 fully saturated rings. The largest absolute Gasteiger partial charge is 0.481 e. The van der Waals surface area contributed by atoms with Crippen LogP contribution >= 0.6 is 9.24 Å². The van der Waals surface area contributed by atoms with E-state index in [-0.39, 0.29) is 6.42 Å². The van der Waals surface area contributed by atoms with Crippen molar-refractivity contribution in [2.75, 3.05) is 6.66 Å². The van der Waals surface area contributed by atoms with Crippen LogP contribution in [0.15, 0.2) is 24.3 Å². The number of carbonyl (C=O) groups is 2. The Bertz CT molecular complexity index is 350. The van der Waals surface area contributed by atoms with E-state index >= 15 is 0 Å². The van der Waals surface area contributed by atoms with E-state index in [2.05, 4.69) is 9.24 Å². The zero-order chi connectivity index (χ0) is 12.6. The van der Waals surface area contributed by atoms with Gasteiger partial charge >= 0.3 is 5.97 Å². The van der Waals surface area contributed by atoms with E-state index < -0.39 is 11.9 Å². The predicted molar refractivity (Wildman–Crippen MR) is 67.7 cm³/mol. The summed E-state index contributed by atoms with van der Waals surface area (Å²) in [6.07, 6.45) is 0.750. The zero-order valence-corrected chi connectivity index (χ0v) is 10.7. The number of carboxylic acid groups (broad SMARTS) is 1. The number of aldehydes is 1. The summed E-state index contributed by atoms with van der Waals surface area (Å²) < 4.78 is 0. The first-order chi connectivity index (χ1) is 7.65. The number of benzene rings is 1. The molecule has 0 saturated heterocycles. The maximum atomic E-state index is 10.6. The maximum Gasteiger partial charge on any atom is 0.314 e. The highest BCUT2D eigenvalue weighted by molar-refractivity contribution is 7.15. The number of hydrogen-bond donors (Lipinski definition) is 1. The first kappa shape index (κ1) is 14.8. The van der Waals surface area contributed by atoms with E-state index in [1.54, 1.807) is 0 Å². The fourth-order valence-electron chi connectivity index (χ4n) is 1.27. The van der Waals surface area contributed by atoms with Gasteiger partial charge in [0, 0.05) is 0 Å². The van der Waals surface area contributed by atoms with Crippen LogP contribution in [0.5, 0.6) is 0 Å². The van der Waals surface area contributed by atoms with E-state index in [9.17, 15) is 9.59 Å². The molecule has 1 aromatic carbocycles. The molecule has 2 atom stereocenters. The number of rotatable bonds is 4. The van der Waals surface area contributed by atoms with Crippen molar-refractivity contribution in [3.8, 4) is 0 Å². The highest BCUT2D eigenvalue weighted by atomic mass is 31.0. The molecule has 0 amide bonds. The fraction of sp³-hybridized carbons (Fsp3) is 0.333. The average Bonchev–Trinajstić information content (AvgIpc) is 2.30. The lowest BCUT2D eigenvalue weighted by Gasteiger charge is -2.07. The Balaban J connectivity index is 0.00000106. The lowest BCUT2D eigenvalue weighted by atomic mass is 9.97. The highest BCUT2D eigenvalue weighted by Gasteiger charge is 2.17. The van der Waals surface area contributed by atoms with Crippen LogP contribution in [-0.4, -0.2) is 24.0 Å². The summed E-state index contributed by atoms with van der Waals surface area (Å²) in [5.41, 5.74) is 1.92. The van der Waals surface area contributed by atoms with Gasteiger partial charge in [0.05, 0.1) is 0 Å². The molecule has 88 valence electrons. The van der Waals surface area contributed by atoms with Gasteiger partial charge in [0.15, 0.2) is 0 Å². The third kappa shape index (κ3) is 4.54. The van der Waals surface area contributed by atoms with Gasteiger partial charge < -0.3 is 9.90 Å². The Morgan fingerprint density at radius 3 is 2.44 bits per heavy atom. The second-order valence-corrected chi connectivity index (χ2v) is 3.21. The fourth-order valence-corrected chi connectivity index (χ4v) is 1.27. The van der Waals surface area contributed by atoms with Gasteiger partial charge in [-0.25, -0.2) is 0 Å². The van der Waals surface area contributed by atoms with E-state index in [1.165, 1.54) is 0 Å². The molecule has 0 aromatic heterocycles. The predicted octanol–water partition coefficient (Wildman–Crippen LogP) is 1.93. The Morgan fingerprint density at radius 2 is 2.00 bits per heavy atom. The number of hydrogen-bond acceptors (Lipinski definition) is 2. The summed E-state index contributed by atoms with van der Waals surface area (Å²) in [6.45, 7) is 3.82. The van der Waals surface area contributed by atoms with Crippen molar-refractivity contribution in [2.45, 2.75) is 13.3 Å². The topological polar surface area (TPSA) is 54.4 Å². The molecule has 0 aliphatic carbocycles. The van der Waals surface area contributed by atoms with Gasteiger partial charge in [0.1, 0.15) is 12.2 Å². The molecule has 1 N–H and O–H groups in total. The number of carbonyl (C=O) groups excluding carboxylic acids is 1. The van der Waals surface area contributed by atoms with Crippen molar-refractivity contribution in [3.05, 3.63) is 35.4 Å². The van der Waals surface area contributed by atoms with E-state index in [1.807, 2.05) is 37.9 Å². The van der Waals surface area contributed by atoms with Crippen LogP contribution in [0.2, 0.25) is 0 Å². The molecule has 0 saturated carbocycles. The molecule has 1 rings (SSSR count). The van der Waals surface area contributed by atoms with Gasteiger partial charge in [-0.2, -0.15) is 0 Å². The standard InChI is InChI=1S/C11H12O3.CH5P/c1-8-4-2-3-5-9(8)6-10(7-12)11(13)14;1-2/h2-5,7,10H,6H2,1H3,(H,13,14);2H2,1H3. The van der Waals surface area contributed by atoms with E-state index in [0.717, 1.165) is 11.1 Å². The Morgan fingerprint density at radius 1 is 1.44 bits per heavy atom. The second-order valence-electron chi connectivity index (χ2n) is 3.21. The monoisotopic (exact) mass is 240 g/mol. The van der Waals surface area contributed by atoms with Crippen LogP contribution < -0.4 is 0 Å². The van der Waals surface area contributed by atoms with E-state index in [0.29, 0.717) is 6.29 Å². The first-order valence-electron chi connectivity index (χ1n) is 4.95. The SMILES string of the molecule is CP.Cc1ccccc1CC(C=O)C(=O)O. The maximum absolute atomic E-state index is 10.6. The van der Waals surface area contributed by atoms with Crippen molar-refractivity contribution >= 4 is 21.5 Å². The average molecular weight is 240 g/mol. The normalized spacial score (nSPS) is 10.9. The van der Waals surface area contributed by atoms with Gasteiger partial charge in [-0.1, -0.05) is 30.9 Å². The molecule has 4 heteroatoms. The molecular weight excluding hydrogens is 223 g/mol. The van der Waals surface area contributed by atoms with Crippen LogP contribution in [0.4, 0.5) is 0 Å². The van der Waals surface area contributed by atoms with Crippen LogP contribution in [0.25, 0.3) is 0 Å². The molecule has 1 aromatic rings. The first-order valence-corrected chi connectivity index (χ1v) is 6.11. The third-order valence-corrected chi connectivity index (χ3v) is 2.18. The summed E-state index contributed by atoms with van der Waals surface area (Å²) in [6, 6.07) is 7.47. The van der Waals surface area contributed by atoms with E-state index in [4.69, 9.17) is 5.11 Å². The summed E-state index contributed by atoms with van der Waals surface area (Å²) >= 11 is 0. The third-order valence-electron chi connectivity index (χ3n) is 2.18. The minimum absolute atomic E-state index is 0.269. The summed E-state index contributed by atoms with van der Waals surface area (Å²) in [5, 5.41) is 8.69. The molecule has 3 nitrogen and oxygen atoms in total. The Kier molecular flexibility index (Phi) is 7.40. The van der Waals surface area contributed by atoms with Gasteiger partial charge in [0.2, 0.25) is 0 Å². The van der Waals surface area contributed by atoms with Crippen molar-refractivity contribution in [2.24, 2.45) is 5.92 Å². The van der Waals surface area contributed by atoms with Gasteiger partial charge in [-0.05, 0) is 24.5 Å². The molecule has 0 aliphatic heterocycles. The van der Waals surface area contributed by atoms with Crippen molar-refractivity contribution < 1.29 is 14.7 Å². The Labute approximate surface area is 98.1 Å². The second kappa shape index (κ2) is 8.00. The summed E-state index contributed by atoms with van der Waals surface area (Å²) in [4.78, 5) is 21.1. The van der Waals surface area contributed by atoms with Gasteiger partial charge in [0.25, 0.3) is 0 Å². The van der Waals surface area contributed by atoms with Crippen LogP contribution in [0.3, 0.4) is 0 Å². The highest BCUT2D eigenvalue weighted by Crippen LogP contribution is 2.12. The lowest BCUT2D eigenvalue weighted by molar-refractivity contribution is -0.143.